The zero-order chi connectivity index (χ0) is 19.2. The molecule has 0 N–H and O–H groups in total. The highest BCUT2D eigenvalue weighted by Crippen LogP contribution is 2.07. The maximum atomic E-state index is 10.9. The maximum absolute atomic E-state index is 10.9. The highest BCUT2D eigenvalue weighted by molar-refractivity contribution is 5.86. The summed E-state index contributed by atoms with van der Waals surface area (Å²) in [5.41, 5.74) is 0.390. The SMILES string of the molecule is C=C(C)C(=O)OCc1ccco1.C=CC(=O)OCCOc1ccccc1. The normalized spacial score (nSPS) is 9.27. The summed E-state index contributed by atoms with van der Waals surface area (Å²) in [5.74, 6) is 0.569. The van der Waals surface area contributed by atoms with Crippen molar-refractivity contribution in [3.8, 4) is 5.75 Å². The first-order valence-corrected chi connectivity index (χ1v) is 7.85. The van der Waals surface area contributed by atoms with E-state index in [0.29, 0.717) is 17.9 Å². The Morgan fingerprint density at radius 3 is 2.38 bits per heavy atom. The van der Waals surface area contributed by atoms with Crippen LogP contribution in [0.4, 0.5) is 0 Å². The van der Waals surface area contributed by atoms with Crippen LogP contribution in [0, 0.1) is 0 Å². The highest BCUT2D eigenvalue weighted by Gasteiger charge is 2.04. The molecule has 26 heavy (non-hydrogen) atoms. The predicted octanol–water partition coefficient (Wildman–Crippen LogP) is 3.69. The zero-order valence-electron chi connectivity index (χ0n) is 14.7. The molecule has 2 rings (SSSR count). The van der Waals surface area contributed by atoms with Crippen molar-refractivity contribution in [2.24, 2.45) is 0 Å². The Kier molecular flexibility index (Phi) is 9.69. The van der Waals surface area contributed by atoms with E-state index in [1.165, 1.54) is 6.26 Å². The Morgan fingerprint density at radius 1 is 1.08 bits per heavy atom. The molecule has 1 heterocycles. The fraction of sp³-hybridized carbons (Fsp3) is 0.200. The number of ether oxygens (including phenoxy) is 3. The van der Waals surface area contributed by atoms with E-state index in [1.807, 2.05) is 30.3 Å². The van der Waals surface area contributed by atoms with Crippen molar-refractivity contribution in [2.45, 2.75) is 13.5 Å². The van der Waals surface area contributed by atoms with E-state index in [0.717, 1.165) is 11.8 Å². The molecule has 1 aromatic carbocycles. The van der Waals surface area contributed by atoms with E-state index < -0.39 is 11.9 Å². The van der Waals surface area contributed by atoms with E-state index in [-0.39, 0.29) is 13.2 Å². The second-order valence-corrected chi connectivity index (χ2v) is 4.97. The summed E-state index contributed by atoms with van der Waals surface area (Å²) in [7, 11) is 0. The third-order valence-corrected chi connectivity index (χ3v) is 2.78. The van der Waals surface area contributed by atoms with Crippen LogP contribution in [0.15, 0.2) is 78.0 Å². The van der Waals surface area contributed by atoms with Crippen LogP contribution in [-0.4, -0.2) is 25.2 Å². The molecular weight excluding hydrogens is 336 g/mol. The lowest BCUT2D eigenvalue weighted by atomic mass is 10.3. The minimum Gasteiger partial charge on any atom is -0.490 e. The Balaban J connectivity index is 0.000000263. The van der Waals surface area contributed by atoms with Crippen LogP contribution in [-0.2, 0) is 25.7 Å². The first-order valence-electron chi connectivity index (χ1n) is 7.85. The van der Waals surface area contributed by atoms with Gasteiger partial charge in [-0.2, -0.15) is 0 Å². The molecule has 1 aromatic heterocycles. The first-order chi connectivity index (χ1) is 12.5. The molecule has 0 saturated heterocycles. The summed E-state index contributed by atoms with van der Waals surface area (Å²) in [4.78, 5) is 21.5. The van der Waals surface area contributed by atoms with Gasteiger partial charge < -0.3 is 18.6 Å². The largest absolute Gasteiger partial charge is 0.490 e. The van der Waals surface area contributed by atoms with Gasteiger partial charge in [-0.05, 0) is 31.2 Å². The van der Waals surface area contributed by atoms with Crippen LogP contribution in [0.2, 0.25) is 0 Å². The number of hydrogen-bond acceptors (Lipinski definition) is 6. The second-order valence-electron chi connectivity index (χ2n) is 4.97. The Morgan fingerprint density at radius 2 is 1.81 bits per heavy atom. The summed E-state index contributed by atoms with van der Waals surface area (Å²) in [6.07, 6.45) is 2.66. The lowest BCUT2D eigenvalue weighted by Gasteiger charge is -2.05. The van der Waals surface area contributed by atoms with Gasteiger partial charge in [0.05, 0.1) is 6.26 Å². The van der Waals surface area contributed by atoms with Crippen LogP contribution >= 0.6 is 0 Å². The van der Waals surface area contributed by atoms with E-state index in [1.54, 1.807) is 19.1 Å². The molecule has 6 nitrogen and oxygen atoms in total. The molecule has 0 aliphatic heterocycles. The monoisotopic (exact) mass is 358 g/mol. The van der Waals surface area contributed by atoms with Crippen molar-refractivity contribution in [1.29, 1.82) is 0 Å². The smallest absolute Gasteiger partial charge is 0.333 e. The summed E-state index contributed by atoms with van der Waals surface area (Å²) in [5, 5.41) is 0. The van der Waals surface area contributed by atoms with E-state index in [4.69, 9.17) is 18.6 Å². The number of para-hydroxylation sites is 1. The summed E-state index contributed by atoms with van der Waals surface area (Å²) in [6.45, 7) is 9.09. The minimum atomic E-state index is -0.429. The summed E-state index contributed by atoms with van der Waals surface area (Å²) >= 11 is 0. The van der Waals surface area contributed by atoms with Crippen molar-refractivity contribution in [3.05, 3.63) is 79.3 Å². The minimum absolute atomic E-state index is 0.165. The van der Waals surface area contributed by atoms with Crippen LogP contribution in [0.5, 0.6) is 5.75 Å². The topological polar surface area (TPSA) is 75.0 Å². The molecule has 0 radical (unpaired) electrons. The number of carbonyl (C=O) groups excluding carboxylic acids is 2. The molecule has 0 amide bonds. The fourth-order valence-corrected chi connectivity index (χ4v) is 1.53. The van der Waals surface area contributed by atoms with Gasteiger partial charge in [0.25, 0.3) is 0 Å². The molecule has 2 aromatic rings. The van der Waals surface area contributed by atoms with E-state index in [9.17, 15) is 9.59 Å². The van der Waals surface area contributed by atoms with Gasteiger partial charge in [-0.1, -0.05) is 31.4 Å². The molecule has 0 aliphatic carbocycles. The lowest BCUT2D eigenvalue weighted by Crippen LogP contribution is -2.09. The van der Waals surface area contributed by atoms with Gasteiger partial charge in [0.15, 0.2) is 0 Å². The molecule has 6 heteroatoms. The van der Waals surface area contributed by atoms with Gasteiger partial charge in [-0.25, -0.2) is 9.59 Å². The molecule has 138 valence electrons. The molecule has 0 spiro atoms. The number of rotatable bonds is 8. The summed E-state index contributed by atoms with van der Waals surface area (Å²) in [6, 6.07) is 12.8. The average Bonchev–Trinajstić information content (AvgIpc) is 3.18. The third kappa shape index (κ3) is 9.12. The van der Waals surface area contributed by atoms with E-state index in [2.05, 4.69) is 13.2 Å². The number of benzene rings is 1. The average molecular weight is 358 g/mol. The van der Waals surface area contributed by atoms with Gasteiger partial charge in [0.1, 0.15) is 31.3 Å². The summed E-state index contributed by atoms with van der Waals surface area (Å²) < 4.78 is 19.8. The van der Waals surface area contributed by atoms with Gasteiger partial charge in [0.2, 0.25) is 0 Å². The lowest BCUT2D eigenvalue weighted by molar-refractivity contribution is -0.141. The Labute approximate surface area is 152 Å². The molecule has 0 aliphatic rings. The van der Waals surface area contributed by atoms with Gasteiger partial charge in [-0.3, -0.25) is 0 Å². The van der Waals surface area contributed by atoms with Crippen molar-refractivity contribution < 1.29 is 28.2 Å². The molecule has 0 unspecified atom stereocenters. The van der Waals surface area contributed by atoms with Gasteiger partial charge in [0, 0.05) is 11.6 Å². The van der Waals surface area contributed by atoms with Gasteiger partial charge in [-0.15, -0.1) is 0 Å². The zero-order valence-corrected chi connectivity index (χ0v) is 14.7. The third-order valence-electron chi connectivity index (χ3n) is 2.78. The van der Waals surface area contributed by atoms with Crippen molar-refractivity contribution >= 4 is 11.9 Å². The van der Waals surface area contributed by atoms with Crippen LogP contribution in [0.3, 0.4) is 0 Å². The van der Waals surface area contributed by atoms with Crippen LogP contribution in [0.1, 0.15) is 12.7 Å². The predicted molar refractivity (Wildman–Crippen MR) is 96.4 cm³/mol. The maximum Gasteiger partial charge on any atom is 0.333 e. The van der Waals surface area contributed by atoms with Crippen molar-refractivity contribution in [2.75, 3.05) is 13.2 Å². The van der Waals surface area contributed by atoms with E-state index >= 15 is 0 Å². The van der Waals surface area contributed by atoms with Crippen LogP contribution < -0.4 is 4.74 Å². The molecule has 0 bridgehead atoms. The molecule has 0 saturated carbocycles. The molecular formula is C20H22O6. The first kappa shape index (κ1) is 20.8. The van der Waals surface area contributed by atoms with Crippen LogP contribution in [0.25, 0.3) is 0 Å². The number of furan rings is 1. The Bertz CT molecular complexity index is 688. The van der Waals surface area contributed by atoms with Gasteiger partial charge >= 0.3 is 11.9 Å². The number of carbonyl (C=O) groups is 2. The number of hydrogen-bond donors (Lipinski definition) is 0. The second kappa shape index (κ2) is 12.1. The molecule has 0 fully saturated rings. The van der Waals surface area contributed by atoms with Crippen molar-refractivity contribution in [1.82, 2.24) is 0 Å². The highest BCUT2D eigenvalue weighted by atomic mass is 16.6. The fourth-order valence-electron chi connectivity index (χ4n) is 1.53. The standard InChI is InChI=1S/C11H12O3.C9H10O3/c1-2-11(12)14-9-8-13-10-6-4-3-5-7-10;1-7(2)9(10)12-6-8-4-3-5-11-8/h2-7H,1,8-9H2;3-5H,1,6H2,2H3. The Hall–Kier alpha value is -3.28. The quantitative estimate of drug-likeness (QED) is 0.407. The number of esters is 2. The molecule has 0 atom stereocenters. The van der Waals surface area contributed by atoms with Crippen molar-refractivity contribution in [3.63, 3.8) is 0 Å².